The molecule has 0 saturated heterocycles. The third-order valence-corrected chi connectivity index (χ3v) is 3.38. The number of benzene rings is 2. The quantitative estimate of drug-likeness (QED) is 0.763. The predicted octanol–water partition coefficient (Wildman–Crippen LogP) is 3.97. The lowest BCUT2D eigenvalue weighted by Crippen LogP contribution is -1.89. The summed E-state index contributed by atoms with van der Waals surface area (Å²) in [5.41, 5.74) is 2.44. The van der Waals surface area contributed by atoms with Crippen molar-refractivity contribution in [3.8, 4) is 16.9 Å². The fourth-order valence-corrected chi connectivity index (χ4v) is 2.40. The molecule has 15 heavy (non-hydrogen) atoms. The monoisotopic (exact) mass is 310 g/mol. The molecule has 2 aromatic rings. The van der Waals surface area contributed by atoms with Crippen LogP contribution in [0.4, 0.5) is 0 Å². The van der Waals surface area contributed by atoms with Crippen LogP contribution in [0.25, 0.3) is 11.1 Å². The second-order valence-electron chi connectivity index (χ2n) is 3.19. The zero-order chi connectivity index (χ0) is 10.7. The molecule has 0 amide bonds. The molecule has 76 valence electrons. The molecule has 0 heterocycles. The SMILES string of the molecule is COc1cccc(-c2ccccc2)c1I. The molecule has 2 rings (SSSR count). The smallest absolute Gasteiger partial charge is 0.132 e. The third kappa shape index (κ3) is 2.15. The Labute approximate surface area is 103 Å². The molecule has 0 aromatic heterocycles. The van der Waals surface area contributed by atoms with Crippen LogP contribution in [0.2, 0.25) is 0 Å². The molecule has 0 atom stereocenters. The van der Waals surface area contributed by atoms with Crippen LogP contribution in [-0.4, -0.2) is 7.11 Å². The average molecular weight is 310 g/mol. The first-order chi connectivity index (χ1) is 7.33. The summed E-state index contributed by atoms with van der Waals surface area (Å²) < 4.78 is 6.46. The minimum absolute atomic E-state index is 0.928. The lowest BCUT2D eigenvalue weighted by Gasteiger charge is -2.08. The van der Waals surface area contributed by atoms with Crippen LogP contribution in [0.5, 0.6) is 5.75 Å². The van der Waals surface area contributed by atoms with E-state index in [-0.39, 0.29) is 0 Å². The van der Waals surface area contributed by atoms with Crippen LogP contribution < -0.4 is 4.74 Å². The van der Waals surface area contributed by atoms with E-state index in [2.05, 4.69) is 40.8 Å². The first-order valence-corrected chi connectivity index (χ1v) is 5.78. The van der Waals surface area contributed by atoms with E-state index in [1.807, 2.05) is 30.3 Å². The maximum Gasteiger partial charge on any atom is 0.132 e. The van der Waals surface area contributed by atoms with E-state index in [9.17, 15) is 0 Å². The van der Waals surface area contributed by atoms with Gasteiger partial charge in [-0.25, -0.2) is 0 Å². The van der Waals surface area contributed by atoms with Crippen molar-refractivity contribution in [1.82, 2.24) is 0 Å². The van der Waals surface area contributed by atoms with Crippen molar-refractivity contribution in [2.24, 2.45) is 0 Å². The number of ether oxygens (including phenoxy) is 1. The standard InChI is InChI=1S/C13H11IO/c1-15-12-9-5-8-11(13(12)14)10-6-3-2-4-7-10/h2-9H,1H3. The summed E-state index contributed by atoms with van der Waals surface area (Å²) in [4.78, 5) is 0. The van der Waals surface area contributed by atoms with E-state index in [0.717, 1.165) is 9.32 Å². The van der Waals surface area contributed by atoms with Crippen LogP contribution in [0.1, 0.15) is 0 Å². The van der Waals surface area contributed by atoms with Gasteiger partial charge in [0.15, 0.2) is 0 Å². The van der Waals surface area contributed by atoms with Crippen molar-refractivity contribution in [3.05, 3.63) is 52.1 Å². The van der Waals surface area contributed by atoms with Crippen molar-refractivity contribution in [3.63, 3.8) is 0 Å². The van der Waals surface area contributed by atoms with Gasteiger partial charge in [-0.15, -0.1) is 0 Å². The van der Waals surface area contributed by atoms with Crippen molar-refractivity contribution < 1.29 is 4.74 Å². The molecule has 0 saturated carbocycles. The maximum atomic E-state index is 5.30. The first-order valence-electron chi connectivity index (χ1n) is 4.71. The molecule has 0 fully saturated rings. The van der Waals surface area contributed by atoms with Gasteiger partial charge in [0.25, 0.3) is 0 Å². The molecule has 0 aliphatic rings. The highest BCUT2D eigenvalue weighted by Crippen LogP contribution is 2.31. The number of hydrogen-bond acceptors (Lipinski definition) is 1. The Morgan fingerprint density at radius 2 is 1.67 bits per heavy atom. The van der Waals surface area contributed by atoms with Crippen LogP contribution >= 0.6 is 22.6 Å². The van der Waals surface area contributed by atoms with Gasteiger partial charge >= 0.3 is 0 Å². The van der Waals surface area contributed by atoms with Gasteiger partial charge in [0.2, 0.25) is 0 Å². The van der Waals surface area contributed by atoms with E-state index < -0.39 is 0 Å². The molecule has 0 aliphatic carbocycles. The summed E-state index contributed by atoms with van der Waals surface area (Å²) in [6.07, 6.45) is 0. The number of halogens is 1. The maximum absolute atomic E-state index is 5.30. The van der Waals surface area contributed by atoms with Crippen molar-refractivity contribution in [2.45, 2.75) is 0 Å². The van der Waals surface area contributed by atoms with E-state index in [4.69, 9.17) is 4.74 Å². The van der Waals surface area contributed by atoms with E-state index in [0.29, 0.717) is 0 Å². The number of rotatable bonds is 2. The zero-order valence-corrected chi connectivity index (χ0v) is 10.6. The minimum Gasteiger partial charge on any atom is -0.496 e. The largest absolute Gasteiger partial charge is 0.496 e. The average Bonchev–Trinajstić information content (AvgIpc) is 2.30. The van der Waals surface area contributed by atoms with Gasteiger partial charge < -0.3 is 4.74 Å². The van der Waals surface area contributed by atoms with Gasteiger partial charge in [-0.3, -0.25) is 0 Å². The molecule has 0 N–H and O–H groups in total. The second-order valence-corrected chi connectivity index (χ2v) is 4.27. The fraction of sp³-hybridized carbons (Fsp3) is 0.0769. The molecule has 0 spiro atoms. The lowest BCUT2D eigenvalue weighted by atomic mass is 10.1. The summed E-state index contributed by atoms with van der Waals surface area (Å²) in [5.74, 6) is 0.928. The van der Waals surface area contributed by atoms with E-state index in [1.54, 1.807) is 7.11 Å². The van der Waals surface area contributed by atoms with Gasteiger partial charge in [0.05, 0.1) is 10.7 Å². The van der Waals surface area contributed by atoms with Crippen molar-refractivity contribution >= 4 is 22.6 Å². The summed E-state index contributed by atoms with van der Waals surface area (Å²) in [7, 11) is 1.70. The Balaban J connectivity index is 2.54. The molecular formula is C13H11IO. The Morgan fingerprint density at radius 3 is 2.33 bits per heavy atom. The molecule has 0 aliphatic heterocycles. The third-order valence-electron chi connectivity index (χ3n) is 2.27. The molecule has 0 unspecified atom stereocenters. The first kappa shape index (κ1) is 10.5. The van der Waals surface area contributed by atoms with Gasteiger partial charge in [-0.1, -0.05) is 42.5 Å². The van der Waals surface area contributed by atoms with Crippen LogP contribution in [-0.2, 0) is 0 Å². The summed E-state index contributed by atoms with van der Waals surface area (Å²) in [6, 6.07) is 16.4. The predicted molar refractivity (Wildman–Crippen MR) is 71.1 cm³/mol. The topological polar surface area (TPSA) is 9.23 Å². The summed E-state index contributed by atoms with van der Waals surface area (Å²) >= 11 is 2.32. The Kier molecular flexibility index (Phi) is 3.26. The molecule has 0 radical (unpaired) electrons. The Morgan fingerprint density at radius 1 is 0.933 bits per heavy atom. The Bertz CT molecular complexity index is 451. The zero-order valence-electron chi connectivity index (χ0n) is 8.41. The molecule has 1 nitrogen and oxygen atoms in total. The van der Waals surface area contributed by atoms with Crippen LogP contribution in [0.3, 0.4) is 0 Å². The summed E-state index contributed by atoms with van der Waals surface area (Å²) in [5, 5.41) is 0. The number of hydrogen-bond donors (Lipinski definition) is 0. The van der Waals surface area contributed by atoms with Crippen molar-refractivity contribution in [2.75, 3.05) is 7.11 Å². The highest BCUT2D eigenvalue weighted by Gasteiger charge is 2.06. The van der Waals surface area contributed by atoms with E-state index >= 15 is 0 Å². The second kappa shape index (κ2) is 4.66. The fourth-order valence-electron chi connectivity index (χ4n) is 1.51. The van der Waals surface area contributed by atoms with Crippen LogP contribution in [0, 0.1) is 3.57 Å². The molecule has 0 bridgehead atoms. The van der Waals surface area contributed by atoms with Gasteiger partial charge in [-0.2, -0.15) is 0 Å². The van der Waals surface area contributed by atoms with Crippen LogP contribution in [0.15, 0.2) is 48.5 Å². The Hall–Kier alpha value is -1.03. The molecule has 2 aromatic carbocycles. The van der Waals surface area contributed by atoms with Gasteiger partial charge in [0.1, 0.15) is 5.75 Å². The normalized spacial score (nSPS) is 10.0. The summed E-state index contributed by atoms with van der Waals surface area (Å²) in [6.45, 7) is 0. The highest BCUT2D eigenvalue weighted by molar-refractivity contribution is 14.1. The van der Waals surface area contributed by atoms with E-state index in [1.165, 1.54) is 11.1 Å². The van der Waals surface area contributed by atoms with Gasteiger partial charge in [0, 0.05) is 0 Å². The van der Waals surface area contributed by atoms with Crippen molar-refractivity contribution in [1.29, 1.82) is 0 Å². The highest BCUT2D eigenvalue weighted by atomic mass is 127. The number of methoxy groups -OCH3 is 1. The molecular weight excluding hydrogens is 299 g/mol. The van der Waals surface area contributed by atoms with Gasteiger partial charge in [-0.05, 0) is 39.8 Å². The molecule has 2 heteroatoms. The lowest BCUT2D eigenvalue weighted by molar-refractivity contribution is 0.412. The minimum atomic E-state index is 0.928.